The molecule has 0 aliphatic carbocycles. The number of carbonyl (C=O) groups is 1. The maximum absolute atomic E-state index is 12.7. The van der Waals surface area contributed by atoms with Crippen molar-refractivity contribution >= 4 is 33.3 Å². The number of likely N-dealkylation sites (tertiary alicyclic amines) is 1. The van der Waals surface area contributed by atoms with Gasteiger partial charge in [-0.05, 0) is 36.0 Å². The number of carbonyl (C=O) groups excluding carboxylic acids is 1. The van der Waals surface area contributed by atoms with E-state index in [9.17, 15) is 13.2 Å². The summed E-state index contributed by atoms with van der Waals surface area (Å²) in [5, 5.41) is 3.90. The molecule has 1 amide bonds. The molecule has 2 aromatic heterocycles. The second-order valence-electron chi connectivity index (χ2n) is 6.17. The second-order valence-corrected chi connectivity index (χ2v) is 8.61. The predicted octanol–water partition coefficient (Wildman–Crippen LogP) is 2.57. The molecule has 4 rings (SSSR count). The highest BCUT2D eigenvalue weighted by Gasteiger charge is 2.25. The highest BCUT2D eigenvalue weighted by Crippen LogP contribution is 2.31. The van der Waals surface area contributed by atoms with Crippen LogP contribution in [0.5, 0.6) is 0 Å². The Morgan fingerprint density at radius 2 is 1.93 bits per heavy atom. The zero-order chi connectivity index (χ0) is 18.9. The molecule has 0 spiro atoms. The summed E-state index contributed by atoms with van der Waals surface area (Å²) in [6, 6.07) is 10.7. The molecule has 1 aliphatic heterocycles. The summed E-state index contributed by atoms with van der Waals surface area (Å²) in [4.78, 5) is 17.5. The molecule has 27 heavy (non-hydrogen) atoms. The minimum atomic E-state index is -3.90. The van der Waals surface area contributed by atoms with Crippen molar-refractivity contribution in [3.8, 4) is 10.4 Å². The lowest BCUT2D eigenvalue weighted by Crippen LogP contribution is -2.27. The number of sulfonamides is 1. The third-order valence-electron chi connectivity index (χ3n) is 4.35. The van der Waals surface area contributed by atoms with E-state index >= 15 is 0 Å². The van der Waals surface area contributed by atoms with Crippen molar-refractivity contribution in [1.82, 2.24) is 19.5 Å². The fourth-order valence-corrected chi connectivity index (χ4v) is 4.66. The highest BCUT2D eigenvalue weighted by atomic mass is 32.2. The Hall–Kier alpha value is -2.72. The number of benzene rings is 1. The fraction of sp³-hybridized carbons (Fsp3) is 0.235. The molecule has 0 atom stereocenters. The monoisotopic (exact) mass is 403 g/mol. The molecule has 0 radical (unpaired) electrons. The molecule has 0 saturated carbocycles. The zero-order valence-corrected chi connectivity index (χ0v) is 15.9. The van der Waals surface area contributed by atoms with Gasteiger partial charge < -0.3 is 9.88 Å². The van der Waals surface area contributed by atoms with Gasteiger partial charge >= 0.3 is 0 Å². The maximum Gasteiger partial charge on any atom is 0.270 e. The van der Waals surface area contributed by atoms with Gasteiger partial charge in [0, 0.05) is 19.3 Å². The summed E-state index contributed by atoms with van der Waals surface area (Å²) >= 11 is 1.11. The largest absolute Gasteiger partial charge is 0.356 e. The SMILES string of the molecule is O=C(c1cc(S(=O)(=O)Nc2nnsc2-c2ccccc2)c[nH]1)N1CCCC1. The summed E-state index contributed by atoms with van der Waals surface area (Å²) < 4.78 is 31.8. The van der Waals surface area contributed by atoms with E-state index in [0.717, 1.165) is 29.9 Å². The first kappa shape index (κ1) is 17.7. The average Bonchev–Trinajstić information content (AvgIpc) is 3.42. The maximum atomic E-state index is 12.7. The topological polar surface area (TPSA) is 108 Å². The molecule has 10 heteroatoms. The molecule has 0 bridgehead atoms. The summed E-state index contributed by atoms with van der Waals surface area (Å²) in [5.74, 6) is -0.0194. The van der Waals surface area contributed by atoms with Gasteiger partial charge in [-0.1, -0.05) is 34.8 Å². The van der Waals surface area contributed by atoms with Crippen LogP contribution in [0.3, 0.4) is 0 Å². The van der Waals surface area contributed by atoms with Crippen molar-refractivity contribution in [2.45, 2.75) is 17.7 Å². The number of H-pyrrole nitrogens is 1. The molecule has 140 valence electrons. The molecule has 2 N–H and O–H groups in total. The first-order chi connectivity index (χ1) is 13.0. The quantitative estimate of drug-likeness (QED) is 0.681. The highest BCUT2D eigenvalue weighted by molar-refractivity contribution is 7.92. The molecule has 8 nitrogen and oxygen atoms in total. The van der Waals surface area contributed by atoms with Gasteiger partial charge in [-0.3, -0.25) is 9.52 Å². The molecule has 3 heterocycles. The van der Waals surface area contributed by atoms with Crippen LogP contribution >= 0.6 is 11.5 Å². The van der Waals surface area contributed by atoms with Crippen molar-refractivity contribution in [2.24, 2.45) is 0 Å². The lowest BCUT2D eigenvalue weighted by molar-refractivity contribution is 0.0787. The van der Waals surface area contributed by atoms with E-state index in [1.165, 1.54) is 12.3 Å². The Bertz CT molecular complexity index is 1050. The summed E-state index contributed by atoms with van der Waals surface area (Å²) in [7, 11) is -3.90. The van der Waals surface area contributed by atoms with Gasteiger partial charge in [0.1, 0.15) is 15.5 Å². The molecule has 1 saturated heterocycles. The third kappa shape index (κ3) is 3.58. The number of nitrogens with one attached hydrogen (secondary N) is 2. The number of amides is 1. The Kier molecular flexibility index (Phi) is 4.66. The van der Waals surface area contributed by atoms with Crippen LogP contribution in [0.25, 0.3) is 10.4 Å². The van der Waals surface area contributed by atoms with Gasteiger partial charge in [-0.2, -0.15) is 0 Å². The predicted molar refractivity (Wildman–Crippen MR) is 102 cm³/mol. The van der Waals surface area contributed by atoms with E-state index in [2.05, 4.69) is 19.3 Å². The molecule has 1 fully saturated rings. The van der Waals surface area contributed by atoms with Crippen molar-refractivity contribution in [3.63, 3.8) is 0 Å². The smallest absolute Gasteiger partial charge is 0.270 e. The van der Waals surface area contributed by atoms with Gasteiger partial charge in [0.25, 0.3) is 15.9 Å². The summed E-state index contributed by atoms with van der Waals surface area (Å²) in [6.45, 7) is 1.40. The van der Waals surface area contributed by atoms with Crippen LogP contribution in [-0.4, -0.2) is 46.9 Å². The second kappa shape index (κ2) is 7.12. The number of hydrogen-bond acceptors (Lipinski definition) is 6. The number of nitrogens with zero attached hydrogens (tertiary/aromatic N) is 3. The minimum absolute atomic E-state index is 0.0166. The standard InChI is InChI=1S/C17H17N5O3S2/c23-17(22-8-4-5-9-22)14-10-13(11-18-14)27(24,25)20-16-15(26-21-19-16)12-6-2-1-3-7-12/h1-3,6-7,10-11,18,20H,4-5,8-9H2. The van der Waals surface area contributed by atoms with E-state index in [0.29, 0.717) is 18.0 Å². The van der Waals surface area contributed by atoms with Crippen molar-refractivity contribution in [3.05, 3.63) is 48.3 Å². The van der Waals surface area contributed by atoms with Gasteiger partial charge in [-0.25, -0.2) is 8.42 Å². The van der Waals surface area contributed by atoms with Gasteiger partial charge in [-0.15, -0.1) is 5.10 Å². The van der Waals surface area contributed by atoms with E-state index in [-0.39, 0.29) is 22.3 Å². The number of rotatable bonds is 5. The first-order valence-electron chi connectivity index (χ1n) is 8.43. The van der Waals surface area contributed by atoms with Gasteiger partial charge in [0.2, 0.25) is 0 Å². The van der Waals surface area contributed by atoms with Gasteiger partial charge in [0.15, 0.2) is 5.82 Å². The van der Waals surface area contributed by atoms with Crippen LogP contribution in [0, 0.1) is 0 Å². The van der Waals surface area contributed by atoms with Gasteiger partial charge in [0.05, 0.1) is 0 Å². The molecule has 0 unspecified atom stereocenters. The van der Waals surface area contributed by atoms with Crippen LogP contribution in [0.2, 0.25) is 0 Å². The Morgan fingerprint density at radius 3 is 2.67 bits per heavy atom. The number of hydrogen-bond donors (Lipinski definition) is 2. The first-order valence-corrected chi connectivity index (χ1v) is 10.7. The summed E-state index contributed by atoms with van der Waals surface area (Å²) in [6.07, 6.45) is 3.25. The average molecular weight is 403 g/mol. The molecule has 3 aromatic rings. The Morgan fingerprint density at radius 1 is 1.19 bits per heavy atom. The summed E-state index contributed by atoms with van der Waals surface area (Å²) in [5.41, 5.74) is 1.08. The minimum Gasteiger partial charge on any atom is -0.356 e. The van der Waals surface area contributed by atoms with E-state index < -0.39 is 10.0 Å². The molecule has 1 aromatic carbocycles. The Labute approximate surface area is 160 Å². The lowest BCUT2D eigenvalue weighted by Gasteiger charge is -2.13. The third-order valence-corrected chi connectivity index (χ3v) is 6.44. The molecular weight excluding hydrogens is 386 g/mol. The van der Waals surface area contributed by atoms with E-state index in [1.54, 1.807) is 4.90 Å². The normalized spacial score (nSPS) is 14.4. The van der Waals surface area contributed by atoms with Crippen LogP contribution in [0.1, 0.15) is 23.3 Å². The fourth-order valence-electron chi connectivity index (χ4n) is 2.97. The van der Waals surface area contributed by atoms with E-state index in [1.807, 2.05) is 30.3 Å². The number of aromatic amines is 1. The van der Waals surface area contributed by atoms with Crippen LogP contribution in [-0.2, 0) is 10.0 Å². The number of aromatic nitrogens is 3. The lowest BCUT2D eigenvalue weighted by atomic mass is 10.2. The molecular formula is C17H17N5O3S2. The van der Waals surface area contributed by atoms with Crippen molar-refractivity contribution in [1.29, 1.82) is 0 Å². The van der Waals surface area contributed by atoms with Crippen LogP contribution in [0.15, 0.2) is 47.5 Å². The zero-order valence-electron chi connectivity index (χ0n) is 14.3. The molecule has 1 aliphatic rings. The van der Waals surface area contributed by atoms with Crippen molar-refractivity contribution < 1.29 is 13.2 Å². The van der Waals surface area contributed by atoms with Crippen LogP contribution < -0.4 is 4.72 Å². The van der Waals surface area contributed by atoms with Crippen molar-refractivity contribution in [2.75, 3.05) is 17.8 Å². The number of anilines is 1. The van der Waals surface area contributed by atoms with Crippen LogP contribution in [0.4, 0.5) is 5.82 Å². The van der Waals surface area contributed by atoms with E-state index in [4.69, 9.17) is 0 Å². The Balaban J connectivity index is 1.57.